The topological polar surface area (TPSA) is 82.6 Å². The number of carbonyl (C=O) groups excluding carboxylic acids is 1. The smallest absolute Gasteiger partial charge is 0.257 e. The Morgan fingerprint density at radius 3 is 2.43 bits per heavy atom. The molecule has 1 aromatic heterocycles. The van der Waals surface area contributed by atoms with Gasteiger partial charge in [0, 0.05) is 38.4 Å². The maximum absolute atomic E-state index is 12.9. The van der Waals surface area contributed by atoms with Crippen LogP contribution in [0.25, 0.3) is 10.2 Å². The molecule has 3 aromatic rings. The second-order valence-electron chi connectivity index (χ2n) is 7.51. The van der Waals surface area contributed by atoms with Gasteiger partial charge in [0.25, 0.3) is 5.91 Å². The van der Waals surface area contributed by atoms with Gasteiger partial charge in [-0.3, -0.25) is 10.1 Å². The number of nitrogens with zero attached hydrogens (tertiary/aromatic N) is 3. The van der Waals surface area contributed by atoms with E-state index >= 15 is 0 Å². The first-order chi connectivity index (χ1) is 14.3. The lowest BCUT2D eigenvalue weighted by Gasteiger charge is -2.25. The summed E-state index contributed by atoms with van der Waals surface area (Å²) in [4.78, 5) is 19.2. The van der Waals surface area contributed by atoms with Crippen LogP contribution in [0.4, 0.5) is 10.8 Å². The summed E-state index contributed by atoms with van der Waals surface area (Å²) in [6.07, 6.45) is 2.86. The van der Waals surface area contributed by atoms with Crippen molar-refractivity contribution in [1.29, 1.82) is 0 Å². The van der Waals surface area contributed by atoms with Crippen molar-refractivity contribution in [1.82, 2.24) is 9.29 Å². The van der Waals surface area contributed by atoms with Crippen molar-refractivity contribution in [3.63, 3.8) is 0 Å². The fraction of sp³-hybridized carbons (Fsp3) is 0.333. The Balaban J connectivity index is 1.54. The van der Waals surface area contributed by atoms with Crippen molar-refractivity contribution < 1.29 is 13.2 Å². The van der Waals surface area contributed by atoms with Gasteiger partial charge in [-0.15, -0.1) is 0 Å². The minimum absolute atomic E-state index is 0.250. The molecule has 1 fully saturated rings. The summed E-state index contributed by atoms with van der Waals surface area (Å²) in [6.45, 7) is 1.13. The van der Waals surface area contributed by atoms with Crippen LogP contribution in [0.3, 0.4) is 0 Å². The summed E-state index contributed by atoms with van der Waals surface area (Å²) < 4.78 is 28.1. The van der Waals surface area contributed by atoms with Crippen LogP contribution in [-0.2, 0) is 10.0 Å². The SMILES string of the molecule is CN(C)c1ccc(C(=O)Nc2nc3ccc(S(=O)(=O)N4CCCCC4)cc3s2)cc1. The third kappa shape index (κ3) is 4.19. The number of hydrogen-bond acceptors (Lipinski definition) is 6. The number of nitrogens with one attached hydrogen (secondary N) is 1. The summed E-state index contributed by atoms with van der Waals surface area (Å²) in [6, 6.07) is 12.2. The number of thiazole rings is 1. The molecule has 0 saturated carbocycles. The largest absolute Gasteiger partial charge is 0.378 e. The van der Waals surface area contributed by atoms with Crippen LogP contribution in [0.15, 0.2) is 47.4 Å². The van der Waals surface area contributed by atoms with E-state index in [-0.39, 0.29) is 10.8 Å². The molecule has 0 spiro atoms. The number of carbonyl (C=O) groups is 1. The highest BCUT2D eigenvalue weighted by molar-refractivity contribution is 7.89. The molecular formula is C21H24N4O3S2. The van der Waals surface area contributed by atoms with Crippen LogP contribution >= 0.6 is 11.3 Å². The molecule has 2 aromatic carbocycles. The molecule has 30 heavy (non-hydrogen) atoms. The monoisotopic (exact) mass is 444 g/mol. The van der Waals surface area contributed by atoms with Crippen molar-refractivity contribution in [3.05, 3.63) is 48.0 Å². The summed E-state index contributed by atoms with van der Waals surface area (Å²) in [5, 5.41) is 3.26. The van der Waals surface area contributed by atoms with E-state index in [1.54, 1.807) is 34.6 Å². The average molecular weight is 445 g/mol. The van der Waals surface area contributed by atoms with Gasteiger partial charge >= 0.3 is 0 Å². The van der Waals surface area contributed by atoms with Crippen LogP contribution in [0.1, 0.15) is 29.6 Å². The summed E-state index contributed by atoms with van der Waals surface area (Å²) in [5.74, 6) is -0.250. The summed E-state index contributed by atoms with van der Waals surface area (Å²) >= 11 is 1.27. The first-order valence-corrected chi connectivity index (χ1v) is 12.1. The van der Waals surface area contributed by atoms with E-state index in [0.29, 0.717) is 29.3 Å². The van der Waals surface area contributed by atoms with Gasteiger partial charge in [0.1, 0.15) is 0 Å². The minimum atomic E-state index is -3.50. The maximum atomic E-state index is 12.9. The summed E-state index contributed by atoms with van der Waals surface area (Å²) in [7, 11) is 0.380. The van der Waals surface area contributed by atoms with Gasteiger partial charge in [0.05, 0.1) is 15.1 Å². The second-order valence-corrected chi connectivity index (χ2v) is 10.5. The zero-order valence-corrected chi connectivity index (χ0v) is 18.6. The van der Waals surface area contributed by atoms with E-state index in [9.17, 15) is 13.2 Å². The van der Waals surface area contributed by atoms with Gasteiger partial charge in [-0.25, -0.2) is 13.4 Å². The van der Waals surface area contributed by atoms with E-state index in [4.69, 9.17) is 0 Å². The molecule has 1 aliphatic rings. The molecule has 1 saturated heterocycles. The Morgan fingerprint density at radius 2 is 1.77 bits per heavy atom. The molecule has 0 unspecified atom stereocenters. The fourth-order valence-electron chi connectivity index (χ4n) is 3.45. The number of piperidine rings is 1. The molecule has 0 aliphatic carbocycles. The molecule has 2 heterocycles. The van der Waals surface area contributed by atoms with Crippen molar-refractivity contribution in [2.24, 2.45) is 0 Å². The molecule has 1 aliphatic heterocycles. The number of sulfonamides is 1. The minimum Gasteiger partial charge on any atom is -0.378 e. The number of anilines is 2. The Labute approximate surface area is 180 Å². The highest BCUT2D eigenvalue weighted by Gasteiger charge is 2.26. The second kappa shape index (κ2) is 8.33. The van der Waals surface area contributed by atoms with Crippen molar-refractivity contribution >= 4 is 48.3 Å². The lowest BCUT2D eigenvalue weighted by molar-refractivity contribution is 0.102. The summed E-state index contributed by atoms with van der Waals surface area (Å²) in [5.41, 5.74) is 2.21. The lowest BCUT2D eigenvalue weighted by atomic mass is 10.2. The van der Waals surface area contributed by atoms with E-state index in [0.717, 1.165) is 29.6 Å². The van der Waals surface area contributed by atoms with Gasteiger partial charge in [-0.05, 0) is 55.3 Å². The standard InChI is InChI=1S/C21H24N4O3S2/c1-24(2)16-8-6-15(7-9-16)20(26)23-21-22-18-11-10-17(14-19(18)29-21)30(27,28)25-12-4-3-5-13-25/h6-11,14H,3-5,12-13H2,1-2H3,(H,22,23,26). The Kier molecular flexibility index (Phi) is 5.77. The van der Waals surface area contributed by atoms with Gasteiger partial charge < -0.3 is 4.90 Å². The highest BCUT2D eigenvalue weighted by Crippen LogP contribution is 2.30. The lowest BCUT2D eigenvalue weighted by Crippen LogP contribution is -2.35. The van der Waals surface area contributed by atoms with Crippen molar-refractivity contribution in [3.8, 4) is 0 Å². The molecule has 1 amide bonds. The fourth-order valence-corrected chi connectivity index (χ4v) is 5.97. The molecule has 0 atom stereocenters. The van der Waals surface area contributed by atoms with Crippen molar-refractivity contribution in [2.75, 3.05) is 37.4 Å². The number of fused-ring (bicyclic) bond motifs is 1. The maximum Gasteiger partial charge on any atom is 0.257 e. The van der Waals surface area contributed by atoms with Gasteiger partial charge in [-0.1, -0.05) is 17.8 Å². The van der Waals surface area contributed by atoms with Crippen LogP contribution in [0, 0.1) is 0 Å². The molecule has 158 valence electrons. The number of hydrogen-bond donors (Lipinski definition) is 1. The Bertz CT molecular complexity index is 1160. The average Bonchev–Trinajstić information content (AvgIpc) is 3.15. The Hall–Kier alpha value is -2.49. The van der Waals surface area contributed by atoms with Gasteiger partial charge in [-0.2, -0.15) is 4.31 Å². The molecule has 1 N–H and O–H groups in total. The van der Waals surface area contributed by atoms with Crippen LogP contribution in [-0.4, -0.2) is 50.8 Å². The third-order valence-corrected chi connectivity index (χ3v) is 8.01. The number of aromatic nitrogens is 1. The van der Waals surface area contributed by atoms with E-state index in [1.807, 2.05) is 31.1 Å². The van der Waals surface area contributed by atoms with Crippen LogP contribution in [0.2, 0.25) is 0 Å². The van der Waals surface area contributed by atoms with Crippen molar-refractivity contribution in [2.45, 2.75) is 24.2 Å². The van der Waals surface area contributed by atoms with E-state index in [1.165, 1.54) is 11.3 Å². The third-order valence-electron chi connectivity index (χ3n) is 5.18. The Morgan fingerprint density at radius 1 is 1.07 bits per heavy atom. The van der Waals surface area contributed by atoms with Gasteiger partial charge in [0.2, 0.25) is 10.0 Å². The van der Waals surface area contributed by atoms with Crippen LogP contribution in [0.5, 0.6) is 0 Å². The molecule has 0 bridgehead atoms. The molecule has 7 nitrogen and oxygen atoms in total. The highest BCUT2D eigenvalue weighted by atomic mass is 32.2. The van der Waals surface area contributed by atoms with Gasteiger partial charge in [0.15, 0.2) is 5.13 Å². The number of rotatable bonds is 5. The molecule has 9 heteroatoms. The van der Waals surface area contributed by atoms with E-state index < -0.39 is 10.0 Å². The zero-order chi connectivity index (χ0) is 21.3. The predicted molar refractivity (Wildman–Crippen MR) is 121 cm³/mol. The number of amides is 1. The number of benzene rings is 2. The first-order valence-electron chi connectivity index (χ1n) is 9.84. The normalized spacial score (nSPS) is 15.3. The van der Waals surface area contributed by atoms with E-state index in [2.05, 4.69) is 10.3 Å². The van der Waals surface area contributed by atoms with Crippen LogP contribution < -0.4 is 10.2 Å². The zero-order valence-electron chi connectivity index (χ0n) is 17.0. The molecule has 4 rings (SSSR count). The first kappa shape index (κ1) is 20.8. The quantitative estimate of drug-likeness (QED) is 0.647. The molecule has 0 radical (unpaired) electrons. The molecular weight excluding hydrogens is 420 g/mol. The predicted octanol–water partition coefficient (Wildman–Crippen LogP) is 3.79.